The third-order valence-corrected chi connectivity index (χ3v) is 3.73. The minimum Gasteiger partial charge on any atom is -0.443 e. The summed E-state index contributed by atoms with van der Waals surface area (Å²) >= 11 is 0. The second-order valence-corrected chi connectivity index (χ2v) is 6.66. The monoisotopic (exact) mass is 498 g/mol. The molecule has 0 aromatic rings. The van der Waals surface area contributed by atoms with Gasteiger partial charge >= 0.3 is 36.6 Å². The molecule has 0 saturated heterocycles. The number of ether oxygens (including phenoxy) is 2. The van der Waals surface area contributed by atoms with Crippen LogP contribution in [0.2, 0.25) is 0 Å². The molecule has 20 heteroatoms. The molecular weight excluding hydrogens is 492 g/mol. The van der Waals surface area contributed by atoms with Gasteiger partial charge in [0.05, 0.1) is 6.42 Å². The van der Waals surface area contributed by atoms with Crippen LogP contribution < -0.4 is 0 Å². The first-order valence-corrected chi connectivity index (χ1v) is 8.02. The molecule has 0 aliphatic heterocycles. The molecule has 178 valence electrons. The van der Waals surface area contributed by atoms with Crippen molar-refractivity contribution in [2.24, 2.45) is 0 Å². The van der Waals surface area contributed by atoms with Gasteiger partial charge in [0.25, 0.3) is 22.3 Å². The number of hydrogen-bond donors (Lipinski definition) is 1. The Bertz CT molecular complexity index is 704. The van der Waals surface area contributed by atoms with Gasteiger partial charge in [-0.05, 0) is 0 Å². The first-order chi connectivity index (χ1) is 12.9. The molecule has 0 saturated carbocycles. The number of carbonyl (C=O) groups is 2. The van der Waals surface area contributed by atoms with Crippen LogP contribution >= 0.6 is 0 Å². The number of hydrogen-bond acceptors (Lipinski definition) is 6. The summed E-state index contributed by atoms with van der Waals surface area (Å²) < 4.78 is 183. The highest BCUT2D eigenvalue weighted by Crippen LogP contribution is 2.37. The van der Waals surface area contributed by atoms with Crippen LogP contribution in [0.5, 0.6) is 0 Å². The first kappa shape index (κ1) is 28.0. The van der Waals surface area contributed by atoms with Gasteiger partial charge in [0.15, 0.2) is 5.25 Å². The molecule has 0 aliphatic rings. The molecule has 0 radical (unpaired) electrons. The molecule has 0 fully saturated rings. The maximum absolute atomic E-state index is 12.3. The molecular formula is C10H6F12O7S. The second-order valence-electron chi connectivity index (χ2n) is 5.06. The predicted molar refractivity (Wildman–Crippen MR) is 63.9 cm³/mol. The Morgan fingerprint density at radius 1 is 0.700 bits per heavy atom. The number of halogens is 12. The van der Waals surface area contributed by atoms with Gasteiger partial charge in [-0.3, -0.25) is 14.1 Å². The fourth-order valence-corrected chi connectivity index (χ4v) is 2.12. The number of alkyl halides is 12. The zero-order valence-electron chi connectivity index (χ0n) is 13.3. The van der Waals surface area contributed by atoms with Crippen molar-refractivity contribution in [3.8, 4) is 0 Å². The Morgan fingerprint density at radius 2 is 1.00 bits per heavy atom. The minimum atomic E-state index is -6.41. The van der Waals surface area contributed by atoms with Gasteiger partial charge in [0, 0.05) is 0 Å². The third kappa shape index (κ3) is 8.40. The minimum absolute atomic E-state index is 2.55. The summed E-state index contributed by atoms with van der Waals surface area (Å²) in [5, 5.41) is -3.78. The Balaban J connectivity index is 5.75. The lowest BCUT2D eigenvalue weighted by Gasteiger charge is -2.25. The van der Waals surface area contributed by atoms with Crippen molar-refractivity contribution in [1.82, 2.24) is 0 Å². The Morgan fingerprint density at radius 3 is 1.27 bits per heavy atom. The Kier molecular flexibility index (Phi) is 8.06. The van der Waals surface area contributed by atoms with E-state index >= 15 is 0 Å². The molecule has 1 atom stereocenters. The van der Waals surface area contributed by atoms with E-state index in [1.54, 1.807) is 0 Å². The highest BCUT2D eigenvalue weighted by atomic mass is 32.2. The van der Waals surface area contributed by atoms with Gasteiger partial charge in [-0.25, -0.2) is 0 Å². The van der Waals surface area contributed by atoms with Crippen molar-refractivity contribution >= 4 is 22.1 Å². The molecule has 1 N–H and O–H groups in total. The molecule has 0 amide bonds. The quantitative estimate of drug-likeness (QED) is 0.341. The highest BCUT2D eigenvalue weighted by molar-refractivity contribution is 7.87. The van der Waals surface area contributed by atoms with Crippen molar-refractivity contribution in [2.45, 2.75) is 48.6 Å². The molecule has 0 rings (SSSR count). The van der Waals surface area contributed by atoms with Crippen molar-refractivity contribution in [1.29, 1.82) is 0 Å². The lowest BCUT2D eigenvalue weighted by Crippen LogP contribution is -2.49. The number of carbonyl (C=O) groups excluding carboxylic acids is 2. The van der Waals surface area contributed by atoms with E-state index in [1.807, 2.05) is 0 Å². The summed E-state index contributed by atoms with van der Waals surface area (Å²) in [5.74, 6) is -6.05. The van der Waals surface area contributed by atoms with Crippen LogP contribution in [0, 0.1) is 0 Å². The van der Waals surface area contributed by atoms with E-state index in [1.165, 1.54) is 0 Å². The molecule has 1 unspecified atom stereocenters. The predicted octanol–water partition coefficient (Wildman–Crippen LogP) is 2.71. The molecule has 0 aromatic heterocycles. The summed E-state index contributed by atoms with van der Waals surface area (Å²) in [4.78, 5) is 22.4. The SMILES string of the molecule is O=C(CC(C(=O)OC(C(F)(F)F)C(F)(F)F)S(=O)(=O)O)OC(C(F)(F)F)C(F)(F)F. The Labute approximate surface area is 156 Å². The van der Waals surface area contributed by atoms with Gasteiger partial charge in [-0.1, -0.05) is 0 Å². The van der Waals surface area contributed by atoms with E-state index in [9.17, 15) is 70.7 Å². The van der Waals surface area contributed by atoms with E-state index in [4.69, 9.17) is 4.55 Å². The van der Waals surface area contributed by atoms with Gasteiger partial charge < -0.3 is 9.47 Å². The summed E-state index contributed by atoms with van der Waals surface area (Å²) in [7, 11) is -6.18. The van der Waals surface area contributed by atoms with Crippen LogP contribution in [0.1, 0.15) is 6.42 Å². The molecule has 0 bridgehead atoms. The normalized spacial score (nSPS) is 15.3. The van der Waals surface area contributed by atoms with Crippen molar-refractivity contribution < 1.29 is 84.7 Å². The van der Waals surface area contributed by atoms with Crippen molar-refractivity contribution in [3.63, 3.8) is 0 Å². The van der Waals surface area contributed by atoms with Crippen LogP contribution in [-0.4, -0.2) is 67.1 Å². The molecule has 7 nitrogen and oxygen atoms in total. The molecule has 0 aromatic carbocycles. The third-order valence-electron chi connectivity index (χ3n) is 2.65. The van der Waals surface area contributed by atoms with Crippen LogP contribution in [0.25, 0.3) is 0 Å². The summed E-state index contributed by atoms with van der Waals surface area (Å²) in [6.45, 7) is 0. The number of esters is 2. The zero-order valence-corrected chi connectivity index (χ0v) is 14.1. The fourth-order valence-electron chi connectivity index (χ4n) is 1.47. The van der Waals surface area contributed by atoms with Crippen LogP contribution in [0.15, 0.2) is 0 Å². The fraction of sp³-hybridized carbons (Fsp3) is 0.800. The van der Waals surface area contributed by atoms with E-state index < -0.39 is 70.6 Å². The Hall–Kier alpha value is -1.99. The van der Waals surface area contributed by atoms with Gasteiger partial charge in [0.1, 0.15) is 0 Å². The second kappa shape index (κ2) is 8.63. The van der Waals surface area contributed by atoms with E-state index in [0.717, 1.165) is 0 Å². The van der Waals surface area contributed by atoms with Crippen LogP contribution in [0.4, 0.5) is 52.7 Å². The van der Waals surface area contributed by atoms with Crippen molar-refractivity contribution in [3.05, 3.63) is 0 Å². The standard InChI is InChI=1S/C10H6F12O7S/c11-7(12,13)5(8(14,15)16)28-3(23)1-2(30(25,26)27)4(24)29-6(9(17,18)19)10(20,21)22/h2,5-6H,1H2,(H,25,26,27). The lowest BCUT2D eigenvalue weighted by molar-refractivity contribution is -0.315. The van der Waals surface area contributed by atoms with Crippen LogP contribution in [-0.2, 0) is 29.2 Å². The summed E-state index contributed by atoms with van der Waals surface area (Å²) in [6.07, 6.45) is -37.9. The van der Waals surface area contributed by atoms with Crippen molar-refractivity contribution in [2.75, 3.05) is 0 Å². The number of rotatable bonds is 6. The van der Waals surface area contributed by atoms with Gasteiger partial charge in [-0.2, -0.15) is 61.1 Å². The van der Waals surface area contributed by atoms with Crippen LogP contribution in [0.3, 0.4) is 0 Å². The average Bonchev–Trinajstić information content (AvgIpc) is 2.41. The molecule has 30 heavy (non-hydrogen) atoms. The topological polar surface area (TPSA) is 107 Å². The maximum atomic E-state index is 12.3. The van der Waals surface area contributed by atoms with E-state index in [2.05, 4.69) is 9.47 Å². The lowest BCUT2D eigenvalue weighted by atomic mass is 10.2. The molecule has 0 spiro atoms. The first-order valence-electron chi connectivity index (χ1n) is 6.51. The average molecular weight is 498 g/mol. The molecule has 0 heterocycles. The maximum Gasteiger partial charge on any atom is 0.434 e. The summed E-state index contributed by atoms with van der Waals surface area (Å²) in [5.41, 5.74) is 0. The zero-order chi connectivity index (χ0) is 24.5. The largest absolute Gasteiger partial charge is 0.443 e. The highest BCUT2D eigenvalue weighted by Gasteiger charge is 2.62. The van der Waals surface area contributed by atoms with Gasteiger partial charge in [-0.15, -0.1) is 0 Å². The molecule has 0 aliphatic carbocycles. The summed E-state index contributed by atoms with van der Waals surface area (Å²) in [6, 6.07) is 0. The van der Waals surface area contributed by atoms with E-state index in [-0.39, 0.29) is 0 Å². The van der Waals surface area contributed by atoms with Gasteiger partial charge in [0.2, 0.25) is 0 Å². The smallest absolute Gasteiger partial charge is 0.434 e. The van der Waals surface area contributed by atoms with E-state index in [0.29, 0.717) is 0 Å².